The molecule has 1 N–H and O–H groups in total. The molecule has 158 valence electrons. The van der Waals surface area contributed by atoms with Gasteiger partial charge in [-0.1, -0.05) is 54.6 Å². The normalized spacial score (nSPS) is 11.5. The van der Waals surface area contributed by atoms with E-state index in [9.17, 15) is 8.42 Å². The van der Waals surface area contributed by atoms with Crippen LogP contribution in [0.5, 0.6) is 0 Å². The molecule has 0 aliphatic carbocycles. The lowest BCUT2D eigenvalue weighted by atomic mass is 10.1. The van der Waals surface area contributed by atoms with E-state index in [0.29, 0.717) is 5.69 Å². The second kappa shape index (κ2) is 7.98. The Labute approximate surface area is 187 Å². The van der Waals surface area contributed by atoms with Gasteiger partial charge in [0.1, 0.15) is 5.65 Å². The van der Waals surface area contributed by atoms with Gasteiger partial charge in [-0.25, -0.2) is 13.4 Å². The number of pyridine rings is 1. The van der Waals surface area contributed by atoms with Crippen molar-refractivity contribution in [3.05, 3.63) is 109 Å². The van der Waals surface area contributed by atoms with Gasteiger partial charge >= 0.3 is 0 Å². The number of rotatable bonds is 5. The van der Waals surface area contributed by atoms with Crippen LogP contribution in [-0.4, -0.2) is 17.8 Å². The SMILES string of the molecule is Cc1ccn2cc(-c3cccc(NS(=O)(=O)c4ccc(-c5ccccc5)cc4)c3)nc2c1. The van der Waals surface area contributed by atoms with E-state index in [1.807, 2.05) is 90.4 Å². The maximum Gasteiger partial charge on any atom is 0.261 e. The van der Waals surface area contributed by atoms with Crippen LogP contribution in [0.2, 0.25) is 0 Å². The molecule has 0 unspecified atom stereocenters. The Hall–Kier alpha value is -3.90. The summed E-state index contributed by atoms with van der Waals surface area (Å²) in [6.45, 7) is 2.02. The van der Waals surface area contributed by atoms with E-state index in [4.69, 9.17) is 0 Å². The van der Waals surface area contributed by atoms with Crippen molar-refractivity contribution < 1.29 is 8.42 Å². The maximum absolute atomic E-state index is 12.9. The second-order valence-corrected chi connectivity index (χ2v) is 9.35. The van der Waals surface area contributed by atoms with E-state index >= 15 is 0 Å². The number of nitrogens with one attached hydrogen (secondary N) is 1. The number of imidazole rings is 1. The number of hydrogen-bond acceptors (Lipinski definition) is 3. The zero-order chi connectivity index (χ0) is 22.1. The van der Waals surface area contributed by atoms with Gasteiger partial charge in [0.25, 0.3) is 10.0 Å². The monoisotopic (exact) mass is 439 g/mol. The van der Waals surface area contributed by atoms with Gasteiger partial charge in [0.2, 0.25) is 0 Å². The molecule has 32 heavy (non-hydrogen) atoms. The number of aromatic nitrogens is 2. The lowest BCUT2D eigenvalue weighted by Crippen LogP contribution is -2.12. The first kappa shape index (κ1) is 20.0. The molecular weight excluding hydrogens is 418 g/mol. The molecule has 0 atom stereocenters. The molecule has 0 spiro atoms. The van der Waals surface area contributed by atoms with Gasteiger partial charge in [-0.15, -0.1) is 0 Å². The molecule has 0 aliphatic heterocycles. The van der Waals surface area contributed by atoms with Gasteiger partial charge in [0.15, 0.2) is 0 Å². The Morgan fingerprint density at radius 2 is 1.50 bits per heavy atom. The second-order valence-electron chi connectivity index (χ2n) is 7.67. The maximum atomic E-state index is 12.9. The lowest BCUT2D eigenvalue weighted by molar-refractivity contribution is 0.601. The largest absolute Gasteiger partial charge is 0.306 e. The predicted octanol–water partition coefficient (Wildman–Crippen LogP) is 5.78. The van der Waals surface area contributed by atoms with Crippen LogP contribution in [0.15, 0.2) is 108 Å². The van der Waals surface area contributed by atoms with Gasteiger partial charge in [0.05, 0.1) is 10.6 Å². The van der Waals surface area contributed by atoms with E-state index in [0.717, 1.165) is 33.6 Å². The number of sulfonamides is 1. The van der Waals surface area contributed by atoms with Gasteiger partial charge in [0, 0.05) is 23.6 Å². The highest BCUT2D eigenvalue weighted by Gasteiger charge is 2.15. The quantitative estimate of drug-likeness (QED) is 0.378. The number of benzene rings is 3. The highest BCUT2D eigenvalue weighted by atomic mass is 32.2. The van der Waals surface area contributed by atoms with E-state index in [-0.39, 0.29) is 4.90 Å². The van der Waals surface area contributed by atoms with Gasteiger partial charge in [-0.05, 0) is 60.0 Å². The minimum absolute atomic E-state index is 0.214. The average molecular weight is 440 g/mol. The molecule has 0 fully saturated rings. The van der Waals surface area contributed by atoms with Crippen molar-refractivity contribution in [2.45, 2.75) is 11.8 Å². The Kier molecular flexibility index (Phi) is 4.99. The molecule has 5 nitrogen and oxygen atoms in total. The molecule has 0 radical (unpaired) electrons. The summed E-state index contributed by atoms with van der Waals surface area (Å²) in [5.41, 5.74) is 6.10. The van der Waals surface area contributed by atoms with Gasteiger partial charge < -0.3 is 4.40 Å². The van der Waals surface area contributed by atoms with E-state index < -0.39 is 10.0 Å². The predicted molar refractivity (Wildman–Crippen MR) is 128 cm³/mol. The van der Waals surface area contributed by atoms with Crippen LogP contribution in [0.4, 0.5) is 5.69 Å². The van der Waals surface area contributed by atoms with Crippen LogP contribution in [0.25, 0.3) is 28.0 Å². The van der Waals surface area contributed by atoms with Crippen molar-refractivity contribution in [1.82, 2.24) is 9.38 Å². The molecule has 0 saturated carbocycles. The third kappa shape index (κ3) is 4.00. The Morgan fingerprint density at radius 3 is 2.28 bits per heavy atom. The number of hydrogen-bond donors (Lipinski definition) is 1. The van der Waals surface area contributed by atoms with Crippen molar-refractivity contribution in [2.75, 3.05) is 4.72 Å². The Morgan fingerprint density at radius 1 is 0.781 bits per heavy atom. The highest BCUT2D eigenvalue weighted by Crippen LogP contribution is 2.26. The minimum atomic E-state index is -3.72. The summed E-state index contributed by atoms with van der Waals surface area (Å²) >= 11 is 0. The standard InChI is InChI=1S/C26H21N3O2S/c1-19-14-15-29-18-25(27-26(29)16-19)22-8-5-9-23(17-22)28-32(30,31)24-12-10-21(11-13-24)20-6-3-2-4-7-20/h2-18,28H,1H3. The summed E-state index contributed by atoms with van der Waals surface area (Å²) in [4.78, 5) is 4.88. The fourth-order valence-electron chi connectivity index (χ4n) is 3.64. The summed E-state index contributed by atoms with van der Waals surface area (Å²) in [6.07, 6.45) is 3.90. The van der Waals surface area contributed by atoms with Crippen LogP contribution in [0.3, 0.4) is 0 Å². The van der Waals surface area contributed by atoms with E-state index in [1.54, 1.807) is 24.3 Å². The molecular formula is C26H21N3O2S. The molecule has 5 rings (SSSR count). The number of aryl methyl sites for hydroxylation is 1. The Balaban J connectivity index is 1.41. The van der Waals surface area contributed by atoms with Crippen LogP contribution < -0.4 is 4.72 Å². The molecule has 0 aliphatic rings. The van der Waals surface area contributed by atoms with Crippen molar-refractivity contribution >= 4 is 21.4 Å². The Bertz CT molecular complexity index is 1510. The lowest BCUT2D eigenvalue weighted by Gasteiger charge is -2.10. The van der Waals surface area contributed by atoms with Gasteiger partial charge in [-0.2, -0.15) is 0 Å². The first-order chi connectivity index (χ1) is 15.5. The summed E-state index contributed by atoms with van der Waals surface area (Å²) < 4.78 is 30.5. The number of anilines is 1. The fourth-order valence-corrected chi connectivity index (χ4v) is 4.69. The van der Waals surface area contributed by atoms with E-state index in [2.05, 4.69) is 9.71 Å². The summed E-state index contributed by atoms with van der Waals surface area (Å²) in [5, 5.41) is 0. The average Bonchev–Trinajstić information content (AvgIpc) is 3.23. The summed E-state index contributed by atoms with van der Waals surface area (Å²) in [6, 6.07) is 28.0. The zero-order valence-electron chi connectivity index (χ0n) is 17.4. The van der Waals surface area contributed by atoms with Crippen LogP contribution in [0, 0.1) is 6.92 Å². The third-order valence-electron chi connectivity index (χ3n) is 5.30. The topological polar surface area (TPSA) is 63.5 Å². The van der Waals surface area contributed by atoms with E-state index in [1.165, 1.54) is 0 Å². The van der Waals surface area contributed by atoms with Crippen LogP contribution >= 0.6 is 0 Å². The molecule has 2 aromatic heterocycles. The first-order valence-electron chi connectivity index (χ1n) is 10.2. The number of nitrogens with zero attached hydrogens (tertiary/aromatic N) is 2. The van der Waals surface area contributed by atoms with Crippen LogP contribution in [0.1, 0.15) is 5.56 Å². The highest BCUT2D eigenvalue weighted by molar-refractivity contribution is 7.92. The molecule has 0 amide bonds. The first-order valence-corrected chi connectivity index (χ1v) is 11.7. The van der Waals surface area contributed by atoms with Crippen molar-refractivity contribution in [3.8, 4) is 22.4 Å². The smallest absolute Gasteiger partial charge is 0.261 e. The minimum Gasteiger partial charge on any atom is -0.306 e. The summed E-state index contributed by atoms with van der Waals surface area (Å²) in [7, 11) is -3.72. The molecule has 5 aromatic rings. The molecule has 2 heterocycles. The summed E-state index contributed by atoms with van der Waals surface area (Å²) in [5.74, 6) is 0. The molecule has 3 aromatic carbocycles. The number of fused-ring (bicyclic) bond motifs is 1. The van der Waals surface area contributed by atoms with Crippen LogP contribution in [-0.2, 0) is 10.0 Å². The van der Waals surface area contributed by atoms with Crippen molar-refractivity contribution in [2.24, 2.45) is 0 Å². The molecule has 0 saturated heterocycles. The fraction of sp³-hybridized carbons (Fsp3) is 0.0385. The van der Waals surface area contributed by atoms with Crippen molar-refractivity contribution in [1.29, 1.82) is 0 Å². The van der Waals surface area contributed by atoms with Crippen molar-refractivity contribution in [3.63, 3.8) is 0 Å². The molecule has 6 heteroatoms. The molecule has 0 bridgehead atoms. The van der Waals surface area contributed by atoms with Gasteiger partial charge in [-0.3, -0.25) is 4.72 Å². The zero-order valence-corrected chi connectivity index (χ0v) is 18.3. The third-order valence-corrected chi connectivity index (χ3v) is 6.70.